The first kappa shape index (κ1) is 16.0. The normalized spacial score (nSPS) is 12.7. The Balaban J connectivity index is 2.38. The van der Waals surface area contributed by atoms with Gasteiger partial charge in [0, 0.05) is 24.3 Å². The number of nitrogens with zero attached hydrogens (tertiary/aromatic N) is 2. The van der Waals surface area contributed by atoms with Crippen LogP contribution in [0.15, 0.2) is 18.2 Å². The van der Waals surface area contributed by atoms with Crippen molar-refractivity contribution < 1.29 is 4.39 Å². The van der Waals surface area contributed by atoms with E-state index in [4.69, 9.17) is 11.6 Å². The van der Waals surface area contributed by atoms with E-state index in [0.717, 1.165) is 23.5 Å². The van der Waals surface area contributed by atoms with Gasteiger partial charge in [0.1, 0.15) is 5.82 Å². The van der Waals surface area contributed by atoms with E-state index >= 15 is 0 Å². The second-order valence-corrected chi connectivity index (χ2v) is 5.61. The average Bonchev–Trinajstić information content (AvgIpc) is 2.68. The Bertz CT molecular complexity index is 637. The molecule has 3 nitrogen and oxygen atoms in total. The third kappa shape index (κ3) is 3.27. The van der Waals surface area contributed by atoms with Crippen molar-refractivity contribution in [3.63, 3.8) is 0 Å². The maximum absolute atomic E-state index is 13.6. The molecule has 0 radical (unpaired) electrons. The van der Waals surface area contributed by atoms with Gasteiger partial charge in [-0.2, -0.15) is 5.10 Å². The molecule has 0 fully saturated rings. The molecular weight excluding hydrogens is 289 g/mol. The number of rotatable bonds is 5. The lowest BCUT2D eigenvalue weighted by Crippen LogP contribution is -2.24. The second-order valence-electron chi connectivity index (χ2n) is 5.24. The van der Waals surface area contributed by atoms with Gasteiger partial charge in [-0.1, -0.05) is 30.7 Å². The van der Waals surface area contributed by atoms with Crippen molar-refractivity contribution in [1.29, 1.82) is 0 Å². The number of benzene rings is 1. The van der Waals surface area contributed by atoms with E-state index in [1.807, 2.05) is 31.6 Å². The van der Waals surface area contributed by atoms with Crippen LogP contribution in [0.4, 0.5) is 4.39 Å². The van der Waals surface area contributed by atoms with Gasteiger partial charge in [-0.05, 0) is 38.4 Å². The number of hydrogen-bond acceptors (Lipinski definition) is 2. The first-order valence-corrected chi connectivity index (χ1v) is 7.49. The Hall–Kier alpha value is -1.39. The molecule has 1 N–H and O–H groups in total. The summed E-state index contributed by atoms with van der Waals surface area (Å²) in [5.74, 6) is -0.371. The van der Waals surface area contributed by atoms with E-state index in [0.29, 0.717) is 6.42 Å². The Labute approximate surface area is 130 Å². The van der Waals surface area contributed by atoms with Crippen molar-refractivity contribution in [2.45, 2.75) is 33.2 Å². The van der Waals surface area contributed by atoms with Gasteiger partial charge >= 0.3 is 0 Å². The van der Waals surface area contributed by atoms with E-state index < -0.39 is 0 Å². The van der Waals surface area contributed by atoms with Gasteiger partial charge in [0.2, 0.25) is 0 Å². The Morgan fingerprint density at radius 3 is 2.67 bits per heavy atom. The first-order chi connectivity index (χ1) is 9.95. The largest absolute Gasteiger partial charge is 0.310 e. The lowest BCUT2D eigenvalue weighted by atomic mass is 9.97. The van der Waals surface area contributed by atoms with Crippen LogP contribution in [0.25, 0.3) is 0 Å². The molecule has 21 heavy (non-hydrogen) atoms. The summed E-state index contributed by atoms with van der Waals surface area (Å²) in [5.41, 5.74) is 4.09. The van der Waals surface area contributed by atoms with Gasteiger partial charge in [0.25, 0.3) is 0 Å². The molecule has 0 amide bonds. The summed E-state index contributed by atoms with van der Waals surface area (Å²) in [7, 11) is 1.93. The van der Waals surface area contributed by atoms with Crippen LogP contribution in [0, 0.1) is 19.7 Å². The van der Waals surface area contributed by atoms with Gasteiger partial charge in [-0.25, -0.2) is 4.39 Å². The highest BCUT2D eigenvalue weighted by molar-refractivity contribution is 6.31. The molecule has 0 aliphatic heterocycles. The third-order valence-electron chi connectivity index (χ3n) is 3.82. The van der Waals surface area contributed by atoms with E-state index in [1.165, 1.54) is 11.6 Å². The predicted octanol–water partition coefficient (Wildman–Crippen LogP) is 3.72. The second kappa shape index (κ2) is 6.58. The van der Waals surface area contributed by atoms with Crippen LogP contribution < -0.4 is 5.32 Å². The van der Waals surface area contributed by atoms with Gasteiger partial charge in [-0.15, -0.1) is 0 Å². The lowest BCUT2D eigenvalue weighted by Gasteiger charge is -2.20. The standard InChI is InChI=1S/C16H21ClFN3/c1-5-19-14(15-10(2)20-21(4)11(15)3)9-12-7-6-8-13(18)16(12)17/h6-8,14,19H,5,9H2,1-4H3. The van der Waals surface area contributed by atoms with E-state index in [-0.39, 0.29) is 16.9 Å². The zero-order valence-electron chi connectivity index (χ0n) is 12.9. The average molecular weight is 310 g/mol. The molecule has 0 aliphatic carbocycles. The molecule has 2 rings (SSSR count). The highest BCUT2D eigenvalue weighted by Crippen LogP contribution is 2.28. The summed E-state index contributed by atoms with van der Waals surface area (Å²) in [6.45, 7) is 6.93. The van der Waals surface area contributed by atoms with Crippen LogP contribution in [0.3, 0.4) is 0 Å². The maximum Gasteiger partial charge on any atom is 0.142 e. The van der Waals surface area contributed by atoms with Crippen LogP contribution >= 0.6 is 11.6 Å². The minimum absolute atomic E-state index is 0.0722. The fraction of sp³-hybridized carbons (Fsp3) is 0.438. The van der Waals surface area contributed by atoms with E-state index in [2.05, 4.69) is 17.3 Å². The van der Waals surface area contributed by atoms with Crippen molar-refractivity contribution in [3.05, 3.63) is 51.6 Å². The maximum atomic E-state index is 13.6. The first-order valence-electron chi connectivity index (χ1n) is 7.12. The summed E-state index contributed by atoms with van der Waals surface area (Å²) in [4.78, 5) is 0. The molecule has 1 heterocycles. The van der Waals surface area contributed by atoms with E-state index in [9.17, 15) is 4.39 Å². The molecule has 2 aromatic rings. The van der Waals surface area contributed by atoms with Crippen LogP contribution in [-0.2, 0) is 13.5 Å². The summed E-state index contributed by atoms with van der Waals surface area (Å²) < 4.78 is 15.5. The Morgan fingerprint density at radius 2 is 2.10 bits per heavy atom. The number of hydrogen-bond donors (Lipinski definition) is 1. The van der Waals surface area contributed by atoms with Gasteiger partial charge in [0.05, 0.1) is 10.7 Å². The fourth-order valence-electron chi connectivity index (χ4n) is 2.74. The van der Waals surface area contributed by atoms with Crippen molar-refractivity contribution in [3.8, 4) is 0 Å². The Kier molecular flexibility index (Phi) is 5.01. The van der Waals surface area contributed by atoms with Crippen molar-refractivity contribution in [2.75, 3.05) is 6.54 Å². The van der Waals surface area contributed by atoms with E-state index in [1.54, 1.807) is 6.07 Å². The molecule has 0 bridgehead atoms. The quantitative estimate of drug-likeness (QED) is 0.912. The zero-order chi connectivity index (χ0) is 15.6. The molecule has 1 unspecified atom stereocenters. The number of aryl methyl sites for hydroxylation is 2. The summed E-state index contributed by atoms with van der Waals surface area (Å²) in [5, 5.41) is 8.13. The van der Waals surface area contributed by atoms with Crippen molar-refractivity contribution in [1.82, 2.24) is 15.1 Å². The predicted molar refractivity (Wildman–Crippen MR) is 84.2 cm³/mol. The Morgan fingerprint density at radius 1 is 1.38 bits per heavy atom. The summed E-state index contributed by atoms with van der Waals surface area (Å²) in [6.07, 6.45) is 0.637. The minimum Gasteiger partial charge on any atom is -0.310 e. The molecule has 1 aromatic carbocycles. The molecule has 0 spiro atoms. The van der Waals surface area contributed by atoms with Crippen LogP contribution in [0.1, 0.15) is 35.5 Å². The summed E-state index contributed by atoms with van der Waals surface area (Å²) >= 11 is 6.09. The van der Waals surface area contributed by atoms with Crippen LogP contribution in [0.2, 0.25) is 5.02 Å². The molecule has 0 aliphatic rings. The van der Waals surface area contributed by atoms with Gasteiger partial charge < -0.3 is 5.32 Å². The molecule has 114 valence electrons. The molecule has 5 heteroatoms. The van der Waals surface area contributed by atoms with Gasteiger partial charge in [-0.3, -0.25) is 4.68 Å². The molecule has 1 aromatic heterocycles. The van der Waals surface area contributed by atoms with Crippen molar-refractivity contribution >= 4 is 11.6 Å². The number of aromatic nitrogens is 2. The smallest absolute Gasteiger partial charge is 0.142 e. The highest BCUT2D eigenvalue weighted by atomic mass is 35.5. The topological polar surface area (TPSA) is 29.9 Å². The molecule has 1 atom stereocenters. The molecule has 0 saturated carbocycles. The van der Waals surface area contributed by atoms with Gasteiger partial charge in [0.15, 0.2) is 0 Å². The van der Waals surface area contributed by atoms with Crippen LogP contribution in [-0.4, -0.2) is 16.3 Å². The van der Waals surface area contributed by atoms with Crippen LogP contribution in [0.5, 0.6) is 0 Å². The minimum atomic E-state index is -0.371. The number of nitrogens with one attached hydrogen (secondary N) is 1. The SMILES string of the molecule is CCNC(Cc1cccc(F)c1Cl)c1c(C)nn(C)c1C. The lowest BCUT2D eigenvalue weighted by molar-refractivity contribution is 0.541. The fourth-order valence-corrected chi connectivity index (χ4v) is 2.95. The van der Waals surface area contributed by atoms with Crippen molar-refractivity contribution in [2.24, 2.45) is 7.05 Å². The monoisotopic (exact) mass is 309 g/mol. The zero-order valence-corrected chi connectivity index (χ0v) is 13.6. The summed E-state index contributed by atoms with van der Waals surface area (Å²) in [6, 6.07) is 5.02. The number of likely N-dealkylation sites (N-methyl/N-ethyl adjacent to an activating group) is 1. The number of halogens is 2. The molecule has 0 saturated heterocycles. The highest BCUT2D eigenvalue weighted by Gasteiger charge is 2.21. The molecular formula is C16H21ClFN3. The third-order valence-corrected chi connectivity index (χ3v) is 4.24.